The zero-order chi connectivity index (χ0) is 22.9. The number of ether oxygens (including phenoxy) is 2. The first-order valence-corrected chi connectivity index (χ1v) is 11.8. The van der Waals surface area contributed by atoms with Crippen molar-refractivity contribution in [2.75, 3.05) is 59.2 Å². The highest BCUT2D eigenvalue weighted by atomic mass is 16.7. The lowest BCUT2D eigenvalue weighted by atomic mass is 10.1. The first kappa shape index (κ1) is 22.0. The number of piperazine rings is 1. The van der Waals surface area contributed by atoms with E-state index in [9.17, 15) is 9.59 Å². The van der Waals surface area contributed by atoms with Crippen molar-refractivity contribution in [2.45, 2.75) is 26.7 Å². The van der Waals surface area contributed by atoms with Crippen LogP contribution in [0.15, 0.2) is 24.3 Å². The van der Waals surface area contributed by atoms with Gasteiger partial charge >= 0.3 is 0 Å². The molecule has 0 bridgehead atoms. The number of rotatable bonds is 6. The van der Waals surface area contributed by atoms with E-state index < -0.39 is 0 Å². The molecule has 0 aliphatic carbocycles. The van der Waals surface area contributed by atoms with Gasteiger partial charge in [0.05, 0.1) is 13.1 Å². The van der Waals surface area contributed by atoms with Gasteiger partial charge in [-0.25, -0.2) is 0 Å². The lowest BCUT2D eigenvalue weighted by Crippen LogP contribution is -2.50. The number of amides is 1. The molecule has 2 fully saturated rings. The van der Waals surface area contributed by atoms with Crippen LogP contribution in [0, 0.1) is 13.8 Å². The Kier molecular flexibility index (Phi) is 6.12. The number of carbonyl (C=O) groups excluding carboxylic acids is 2. The number of benzene rings is 1. The number of hydrogen-bond donors (Lipinski definition) is 0. The average Bonchev–Trinajstić information content (AvgIpc) is 3.55. The third kappa shape index (κ3) is 4.50. The van der Waals surface area contributed by atoms with E-state index in [1.165, 1.54) is 0 Å². The molecule has 1 aromatic carbocycles. The Morgan fingerprint density at radius 3 is 2.24 bits per heavy atom. The second kappa shape index (κ2) is 9.19. The van der Waals surface area contributed by atoms with Gasteiger partial charge in [-0.05, 0) is 44.9 Å². The lowest BCUT2D eigenvalue weighted by molar-refractivity contribution is -0.131. The summed E-state index contributed by atoms with van der Waals surface area (Å²) in [4.78, 5) is 32.0. The zero-order valence-corrected chi connectivity index (χ0v) is 19.5. The molecular weight excluding hydrogens is 420 g/mol. The zero-order valence-electron chi connectivity index (χ0n) is 19.5. The first-order valence-electron chi connectivity index (χ1n) is 11.8. The van der Waals surface area contributed by atoms with Gasteiger partial charge in [-0.2, -0.15) is 0 Å². The van der Waals surface area contributed by atoms with E-state index in [0.29, 0.717) is 13.1 Å². The quantitative estimate of drug-likeness (QED) is 0.627. The van der Waals surface area contributed by atoms with Gasteiger partial charge in [0.2, 0.25) is 12.7 Å². The van der Waals surface area contributed by atoms with E-state index in [-0.39, 0.29) is 18.5 Å². The SMILES string of the molecule is Cc1cc(C(=O)CN2CCN(CC(=O)N3CCCC3)CC2)c(C)n1-c1ccc2c(c1)OCO2. The molecule has 2 aromatic rings. The van der Waals surface area contributed by atoms with Gasteiger partial charge in [-0.3, -0.25) is 19.4 Å². The van der Waals surface area contributed by atoms with Crippen LogP contribution in [0.1, 0.15) is 34.6 Å². The number of aryl methyl sites for hydroxylation is 1. The van der Waals surface area contributed by atoms with E-state index in [2.05, 4.69) is 14.4 Å². The summed E-state index contributed by atoms with van der Waals surface area (Å²) in [5, 5.41) is 0. The highest BCUT2D eigenvalue weighted by molar-refractivity contribution is 5.99. The predicted octanol–water partition coefficient (Wildman–Crippen LogP) is 2.25. The molecular formula is C25H32N4O4. The maximum atomic E-state index is 13.2. The number of ketones is 1. The fourth-order valence-corrected chi connectivity index (χ4v) is 5.12. The fraction of sp³-hybridized carbons (Fsp3) is 0.520. The number of fused-ring (bicyclic) bond motifs is 1. The summed E-state index contributed by atoms with van der Waals surface area (Å²) in [6.45, 7) is 10.2. The van der Waals surface area contributed by atoms with Crippen LogP contribution in [0.2, 0.25) is 0 Å². The number of hydrogen-bond acceptors (Lipinski definition) is 6. The number of nitrogens with zero attached hydrogens (tertiary/aromatic N) is 4. The van der Waals surface area contributed by atoms with Crippen molar-refractivity contribution in [2.24, 2.45) is 0 Å². The van der Waals surface area contributed by atoms with Gasteiger partial charge in [0, 0.05) is 68.0 Å². The lowest BCUT2D eigenvalue weighted by Gasteiger charge is -2.34. The Morgan fingerprint density at radius 1 is 0.848 bits per heavy atom. The van der Waals surface area contributed by atoms with Crippen molar-refractivity contribution >= 4 is 11.7 Å². The molecule has 8 heteroatoms. The molecule has 0 atom stereocenters. The summed E-state index contributed by atoms with van der Waals surface area (Å²) >= 11 is 0. The minimum atomic E-state index is 0.136. The Labute approximate surface area is 194 Å². The van der Waals surface area contributed by atoms with Crippen LogP contribution >= 0.6 is 0 Å². The van der Waals surface area contributed by atoms with Crippen LogP contribution in [0.25, 0.3) is 5.69 Å². The molecule has 0 radical (unpaired) electrons. The summed E-state index contributed by atoms with van der Waals surface area (Å²) in [5.41, 5.74) is 3.67. The molecule has 3 aliphatic rings. The molecule has 4 heterocycles. The molecule has 33 heavy (non-hydrogen) atoms. The van der Waals surface area contributed by atoms with Gasteiger partial charge in [0.25, 0.3) is 0 Å². The molecule has 8 nitrogen and oxygen atoms in total. The second-order valence-electron chi connectivity index (χ2n) is 9.22. The maximum absolute atomic E-state index is 13.2. The Balaban J connectivity index is 1.19. The van der Waals surface area contributed by atoms with E-state index >= 15 is 0 Å². The van der Waals surface area contributed by atoms with Gasteiger partial charge in [-0.1, -0.05) is 0 Å². The smallest absolute Gasteiger partial charge is 0.236 e. The van der Waals surface area contributed by atoms with Crippen molar-refractivity contribution < 1.29 is 19.1 Å². The van der Waals surface area contributed by atoms with E-state index in [1.807, 2.05) is 43.0 Å². The maximum Gasteiger partial charge on any atom is 0.236 e. The van der Waals surface area contributed by atoms with Gasteiger partial charge in [0.1, 0.15) is 0 Å². The first-order chi connectivity index (χ1) is 16.0. The van der Waals surface area contributed by atoms with Crippen LogP contribution < -0.4 is 9.47 Å². The van der Waals surface area contributed by atoms with Gasteiger partial charge < -0.3 is 18.9 Å². The molecule has 1 aromatic heterocycles. The van der Waals surface area contributed by atoms with E-state index in [0.717, 1.165) is 86.2 Å². The molecule has 0 spiro atoms. The van der Waals surface area contributed by atoms with Gasteiger partial charge in [0.15, 0.2) is 17.3 Å². The molecule has 0 saturated carbocycles. The van der Waals surface area contributed by atoms with Crippen LogP contribution in [-0.4, -0.2) is 90.1 Å². The highest BCUT2D eigenvalue weighted by Gasteiger charge is 2.26. The molecule has 176 valence electrons. The summed E-state index contributed by atoms with van der Waals surface area (Å²) in [6.07, 6.45) is 2.24. The minimum absolute atomic E-state index is 0.136. The third-order valence-corrected chi connectivity index (χ3v) is 7.00. The van der Waals surface area contributed by atoms with Crippen LogP contribution in [0.4, 0.5) is 0 Å². The molecule has 2 saturated heterocycles. The predicted molar refractivity (Wildman–Crippen MR) is 124 cm³/mol. The largest absolute Gasteiger partial charge is 0.454 e. The van der Waals surface area contributed by atoms with Gasteiger partial charge in [-0.15, -0.1) is 0 Å². The Morgan fingerprint density at radius 2 is 1.52 bits per heavy atom. The highest BCUT2D eigenvalue weighted by Crippen LogP contribution is 2.35. The van der Waals surface area contributed by atoms with Crippen molar-refractivity contribution in [3.8, 4) is 17.2 Å². The number of likely N-dealkylation sites (tertiary alicyclic amines) is 1. The van der Waals surface area contributed by atoms with Crippen molar-refractivity contribution in [3.05, 3.63) is 41.2 Å². The number of aromatic nitrogens is 1. The summed E-state index contributed by atoms with van der Waals surface area (Å²) in [5.74, 6) is 1.86. The van der Waals surface area contributed by atoms with Crippen LogP contribution in [0.3, 0.4) is 0 Å². The van der Waals surface area contributed by atoms with Crippen LogP contribution in [0.5, 0.6) is 11.5 Å². The summed E-state index contributed by atoms with van der Waals surface area (Å²) in [7, 11) is 0. The van der Waals surface area contributed by atoms with Crippen molar-refractivity contribution in [1.82, 2.24) is 19.3 Å². The Bertz CT molecular complexity index is 1050. The van der Waals surface area contributed by atoms with E-state index in [1.54, 1.807) is 0 Å². The van der Waals surface area contributed by atoms with Crippen molar-refractivity contribution in [1.29, 1.82) is 0 Å². The number of Topliss-reactive ketones (excluding diaryl/α,β-unsaturated/α-hetero) is 1. The molecule has 1 amide bonds. The molecule has 3 aliphatic heterocycles. The summed E-state index contributed by atoms with van der Waals surface area (Å²) < 4.78 is 13.0. The topological polar surface area (TPSA) is 67.3 Å². The van der Waals surface area contributed by atoms with Crippen molar-refractivity contribution in [3.63, 3.8) is 0 Å². The molecule has 5 rings (SSSR count). The monoisotopic (exact) mass is 452 g/mol. The second-order valence-corrected chi connectivity index (χ2v) is 9.22. The normalized spacial score (nSPS) is 18.8. The minimum Gasteiger partial charge on any atom is -0.454 e. The molecule has 0 N–H and O–H groups in total. The number of carbonyl (C=O) groups is 2. The third-order valence-electron chi connectivity index (χ3n) is 7.00. The standard InChI is InChI=1S/C25H32N4O4/c1-18-13-21(19(2)29(18)20-5-6-23-24(14-20)33-17-32-23)22(30)15-26-9-11-27(12-10-26)16-25(31)28-7-3-4-8-28/h5-6,13-14H,3-4,7-12,15-17H2,1-2H3. The van der Waals surface area contributed by atoms with Crippen LogP contribution in [-0.2, 0) is 4.79 Å². The molecule has 0 unspecified atom stereocenters. The summed E-state index contributed by atoms with van der Waals surface area (Å²) in [6, 6.07) is 7.84. The Hall–Kier alpha value is -2.84. The van der Waals surface area contributed by atoms with E-state index in [4.69, 9.17) is 9.47 Å². The fourth-order valence-electron chi connectivity index (χ4n) is 5.12. The average molecular weight is 453 g/mol.